The smallest absolute Gasteiger partial charge is 0.321 e. The van der Waals surface area contributed by atoms with Gasteiger partial charge in [0.2, 0.25) is 0 Å². The van der Waals surface area contributed by atoms with Gasteiger partial charge in [-0.3, -0.25) is 4.79 Å². The highest BCUT2D eigenvalue weighted by Gasteiger charge is 2.83. The number of benzene rings is 1. The summed E-state index contributed by atoms with van der Waals surface area (Å²) in [6, 6.07) is 4.05. The minimum Gasteiger partial charge on any atom is -0.321 e. The van der Waals surface area contributed by atoms with Crippen molar-refractivity contribution in [1.82, 2.24) is 0 Å². The Bertz CT molecular complexity index is 582. The number of amides is 1. The van der Waals surface area contributed by atoms with E-state index in [9.17, 15) is 44.3 Å². The van der Waals surface area contributed by atoms with E-state index in [-0.39, 0.29) is 4.90 Å². The number of nitrogens with one attached hydrogen (secondary N) is 1. The number of hydrogen-bond donors (Lipinski definition) is 2. The predicted molar refractivity (Wildman–Crippen MR) is 63.2 cm³/mol. The normalized spacial score (nSPS) is 13.8. The maximum absolute atomic E-state index is 13.2. The van der Waals surface area contributed by atoms with Gasteiger partial charge in [0.1, 0.15) is 0 Å². The number of hydrogen-bond acceptors (Lipinski definition) is 2. The van der Waals surface area contributed by atoms with Crippen LogP contribution in [0.15, 0.2) is 29.2 Å². The van der Waals surface area contributed by atoms with Gasteiger partial charge in [0.25, 0.3) is 0 Å². The maximum atomic E-state index is 13.2. The van der Waals surface area contributed by atoms with Crippen LogP contribution in [0.4, 0.5) is 45.2 Å². The Morgan fingerprint density at radius 2 is 1.26 bits per heavy atom. The van der Waals surface area contributed by atoms with E-state index in [1.807, 2.05) is 0 Å². The molecule has 130 valence electrons. The highest BCUT2D eigenvalue weighted by Crippen LogP contribution is 2.53. The van der Waals surface area contributed by atoms with Crippen LogP contribution in [-0.4, -0.2) is 29.9 Å². The summed E-state index contributed by atoms with van der Waals surface area (Å²) in [6.07, 6.45) is -6.98. The second-order valence-corrected chi connectivity index (χ2v) is 4.74. The van der Waals surface area contributed by atoms with E-state index in [1.165, 1.54) is 0 Å². The summed E-state index contributed by atoms with van der Waals surface area (Å²) in [7, 11) is 0. The molecule has 23 heavy (non-hydrogen) atoms. The van der Waals surface area contributed by atoms with Crippen LogP contribution in [-0.2, 0) is 4.79 Å². The van der Waals surface area contributed by atoms with Crippen molar-refractivity contribution in [2.75, 3.05) is 5.32 Å². The van der Waals surface area contributed by atoms with E-state index < -0.39 is 35.5 Å². The van der Waals surface area contributed by atoms with Crippen molar-refractivity contribution in [1.29, 1.82) is 0 Å². The third kappa shape index (κ3) is 3.35. The highest BCUT2D eigenvalue weighted by atomic mass is 32.1. The van der Waals surface area contributed by atoms with E-state index >= 15 is 0 Å². The zero-order valence-corrected chi connectivity index (χ0v) is 11.5. The fourth-order valence-electron chi connectivity index (χ4n) is 1.27. The molecule has 0 saturated heterocycles. The van der Waals surface area contributed by atoms with Crippen LogP contribution in [0.3, 0.4) is 0 Å². The molecule has 1 aromatic rings. The number of carbonyl (C=O) groups excluding carboxylic acids is 1. The van der Waals surface area contributed by atoms with Crippen LogP contribution >= 0.6 is 12.6 Å². The molecule has 1 N–H and O–H groups in total. The largest absolute Gasteiger partial charge is 0.460 e. The van der Waals surface area contributed by atoms with Crippen LogP contribution in [0.1, 0.15) is 0 Å². The Labute approximate surface area is 128 Å². The topological polar surface area (TPSA) is 29.1 Å². The van der Waals surface area contributed by atoms with E-state index in [2.05, 4.69) is 12.6 Å². The van der Waals surface area contributed by atoms with Gasteiger partial charge in [-0.1, -0.05) is 0 Å². The molecule has 0 unspecified atom stereocenters. The molecule has 0 bridgehead atoms. The second kappa shape index (κ2) is 5.80. The Hall–Kier alpha value is -1.59. The van der Waals surface area contributed by atoms with E-state index in [0.717, 1.165) is 29.6 Å². The zero-order valence-electron chi connectivity index (χ0n) is 10.6. The van der Waals surface area contributed by atoms with Crippen LogP contribution in [0.5, 0.6) is 0 Å². The van der Waals surface area contributed by atoms with Crippen molar-refractivity contribution < 1.29 is 44.3 Å². The fourth-order valence-corrected chi connectivity index (χ4v) is 1.42. The number of thiol groups is 1. The summed E-state index contributed by atoms with van der Waals surface area (Å²) in [4.78, 5) is 11.4. The summed E-state index contributed by atoms with van der Waals surface area (Å²) in [6.45, 7) is 0. The van der Waals surface area contributed by atoms with Gasteiger partial charge in [-0.2, -0.15) is 39.5 Å². The molecule has 1 amide bonds. The molecule has 1 aromatic carbocycles. The van der Waals surface area contributed by atoms with Crippen LogP contribution in [0.2, 0.25) is 0 Å². The van der Waals surface area contributed by atoms with Gasteiger partial charge in [0.15, 0.2) is 0 Å². The van der Waals surface area contributed by atoms with E-state index in [4.69, 9.17) is 0 Å². The average Bonchev–Trinajstić information content (AvgIpc) is 2.39. The lowest BCUT2D eigenvalue weighted by atomic mass is 10.0. The van der Waals surface area contributed by atoms with Gasteiger partial charge in [-0.05, 0) is 24.3 Å². The fraction of sp³-hybridized carbons (Fsp3) is 0.364. The quantitative estimate of drug-likeness (QED) is 0.597. The number of alkyl halides is 9. The summed E-state index contributed by atoms with van der Waals surface area (Å²) >= 11 is 3.79. The summed E-state index contributed by atoms with van der Waals surface area (Å²) in [5.41, 5.74) is -0.529. The van der Waals surface area contributed by atoms with E-state index in [1.54, 1.807) is 0 Å². The van der Waals surface area contributed by atoms with E-state index in [0.29, 0.717) is 0 Å². The van der Waals surface area contributed by atoms with Gasteiger partial charge in [-0.25, -0.2) is 0 Å². The number of halogens is 9. The highest BCUT2D eigenvalue weighted by molar-refractivity contribution is 7.80. The number of rotatable bonds is 4. The van der Waals surface area contributed by atoms with Crippen molar-refractivity contribution in [3.63, 3.8) is 0 Å². The maximum Gasteiger partial charge on any atom is 0.460 e. The Morgan fingerprint density at radius 1 is 0.826 bits per heavy atom. The molecule has 0 aliphatic rings. The number of carbonyl (C=O) groups is 1. The first-order valence-corrected chi connectivity index (χ1v) is 5.90. The molecule has 0 radical (unpaired) electrons. The van der Waals surface area contributed by atoms with Crippen LogP contribution < -0.4 is 5.32 Å². The van der Waals surface area contributed by atoms with Gasteiger partial charge < -0.3 is 5.32 Å². The lowest BCUT2D eigenvalue weighted by Crippen LogP contribution is -2.64. The summed E-state index contributed by atoms with van der Waals surface area (Å²) < 4.78 is 113. The Kier molecular flexibility index (Phi) is 4.91. The molecule has 1 rings (SSSR count). The lowest BCUT2D eigenvalue weighted by molar-refractivity contribution is -0.388. The van der Waals surface area contributed by atoms with Gasteiger partial charge >= 0.3 is 29.9 Å². The Balaban J connectivity index is 3.13. The summed E-state index contributed by atoms with van der Waals surface area (Å²) in [5, 5.41) is 1.14. The minimum atomic E-state index is -7.12. The molecule has 0 atom stereocenters. The second-order valence-electron chi connectivity index (χ2n) is 4.22. The predicted octanol–water partition coefficient (Wildman–Crippen LogP) is 4.38. The lowest BCUT2D eigenvalue weighted by Gasteiger charge is -2.32. The minimum absolute atomic E-state index is 0.281. The molecule has 0 aromatic heterocycles. The molecule has 0 aliphatic carbocycles. The molecule has 0 aliphatic heterocycles. The Morgan fingerprint density at radius 3 is 1.65 bits per heavy atom. The molecule has 2 nitrogen and oxygen atoms in total. The van der Waals surface area contributed by atoms with Crippen molar-refractivity contribution >= 4 is 24.2 Å². The third-order valence-electron chi connectivity index (χ3n) is 2.56. The molecule has 12 heteroatoms. The van der Waals surface area contributed by atoms with Crippen LogP contribution in [0.25, 0.3) is 0 Å². The molecule has 0 saturated carbocycles. The monoisotopic (exact) mass is 371 g/mol. The first-order valence-electron chi connectivity index (χ1n) is 5.45. The SMILES string of the molecule is O=C(Nc1ccc(S)cc1)C(F)(F)C(F)(F)C(F)(F)C(F)(F)F. The first-order chi connectivity index (χ1) is 10.1. The zero-order chi connectivity index (χ0) is 18.3. The van der Waals surface area contributed by atoms with Crippen molar-refractivity contribution in [2.24, 2.45) is 0 Å². The molecular formula is C11H6F9NOS. The van der Waals surface area contributed by atoms with Gasteiger partial charge in [0.05, 0.1) is 0 Å². The van der Waals surface area contributed by atoms with Crippen LogP contribution in [0, 0.1) is 0 Å². The molecular weight excluding hydrogens is 365 g/mol. The van der Waals surface area contributed by atoms with Crippen molar-refractivity contribution in [3.05, 3.63) is 24.3 Å². The standard InChI is InChI=1S/C11H6F9NOS/c12-8(13,9(14,15)10(16,17)11(18,19)20)7(22)21-5-1-3-6(23)4-2-5/h1-4,23H,(H,21,22). The first kappa shape index (κ1) is 19.5. The molecule has 0 spiro atoms. The third-order valence-corrected chi connectivity index (χ3v) is 2.85. The molecule has 0 fully saturated rings. The van der Waals surface area contributed by atoms with Crippen molar-refractivity contribution in [2.45, 2.75) is 28.8 Å². The van der Waals surface area contributed by atoms with Gasteiger partial charge in [-0.15, -0.1) is 12.6 Å². The van der Waals surface area contributed by atoms with Gasteiger partial charge in [0, 0.05) is 10.6 Å². The molecule has 0 heterocycles. The van der Waals surface area contributed by atoms with Crippen molar-refractivity contribution in [3.8, 4) is 0 Å². The number of anilines is 1. The average molecular weight is 371 g/mol. The summed E-state index contributed by atoms with van der Waals surface area (Å²) in [5.74, 6) is -23.5.